The van der Waals surface area contributed by atoms with Gasteiger partial charge in [0.15, 0.2) is 0 Å². The number of benzene rings is 1. The van der Waals surface area contributed by atoms with Gasteiger partial charge in [0.25, 0.3) is 0 Å². The summed E-state index contributed by atoms with van der Waals surface area (Å²) in [7, 11) is 0. The zero-order chi connectivity index (χ0) is 10.8. The molecular weight excluding hydrogens is 227 g/mol. The second kappa shape index (κ2) is 5.37. The van der Waals surface area contributed by atoms with Crippen molar-refractivity contribution in [2.45, 2.75) is 25.6 Å². The zero-order valence-electron chi connectivity index (χ0n) is 8.21. The van der Waals surface area contributed by atoms with Gasteiger partial charge in [-0.3, -0.25) is 0 Å². The smallest absolute Gasteiger partial charge is 0.328 e. The summed E-state index contributed by atoms with van der Waals surface area (Å²) < 4.78 is 36.5. The lowest BCUT2D eigenvalue weighted by Gasteiger charge is -2.08. The normalized spacial score (nSPS) is 13.1. The molecule has 1 aromatic carbocycles. The third-order valence-corrected chi connectivity index (χ3v) is 1.84. The van der Waals surface area contributed by atoms with E-state index in [1.807, 2.05) is 6.92 Å². The van der Waals surface area contributed by atoms with Crippen LogP contribution in [0.5, 0.6) is 0 Å². The van der Waals surface area contributed by atoms with E-state index in [-0.39, 0.29) is 18.4 Å². The molecule has 0 aromatic heterocycles. The van der Waals surface area contributed by atoms with E-state index in [4.69, 9.17) is 5.73 Å². The quantitative estimate of drug-likeness (QED) is 0.844. The fourth-order valence-corrected chi connectivity index (χ4v) is 1.20. The summed E-state index contributed by atoms with van der Waals surface area (Å²) in [5.74, 6) is 0. The van der Waals surface area contributed by atoms with Crippen molar-refractivity contribution in [3.05, 3.63) is 35.4 Å². The van der Waals surface area contributed by atoms with E-state index >= 15 is 0 Å². The highest BCUT2D eigenvalue weighted by Gasteiger charge is 2.29. The van der Waals surface area contributed by atoms with E-state index in [1.165, 1.54) is 12.1 Å². The maximum Gasteiger partial charge on any atom is 0.416 e. The first-order valence-corrected chi connectivity index (χ1v) is 4.31. The Balaban J connectivity index is 0.00000196. The highest BCUT2D eigenvalue weighted by molar-refractivity contribution is 5.85. The summed E-state index contributed by atoms with van der Waals surface area (Å²) in [5.41, 5.74) is 5.73. The molecule has 0 radical (unpaired) electrons. The summed E-state index contributed by atoms with van der Waals surface area (Å²) in [4.78, 5) is 0. The monoisotopic (exact) mass is 239 g/mol. The van der Waals surface area contributed by atoms with E-state index in [1.54, 1.807) is 0 Å². The van der Waals surface area contributed by atoms with Crippen LogP contribution in [0, 0.1) is 0 Å². The maximum atomic E-state index is 12.2. The van der Waals surface area contributed by atoms with E-state index in [9.17, 15) is 13.2 Å². The van der Waals surface area contributed by atoms with Crippen LogP contribution in [0.2, 0.25) is 0 Å². The minimum atomic E-state index is -4.26. The van der Waals surface area contributed by atoms with Gasteiger partial charge in [0.05, 0.1) is 5.56 Å². The van der Waals surface area contributed by atoms with Crippen molar-refractivity contribution in [2.24, 2.45) is 5.73 Å². The maximum absolute atomic E-state index is 12.2. The van der Waals surface area contributed by atoms with Crippen molar-refractivity contribution >= 4 is 12.4 Å². The Morgan fingerprint density at radius 1 is 1.20 bits per heavy atom. The van der Waals surface area contributed by atoms with Gasteiger partial charge in [-0.1, -0.05) is 12.1 Å². The highest BCUT2D eigenvalue weighted by atomic mass is 35.5. The van der Waals surface area contributed by atoms with Gasteiger partial charge in [-0.2, -0.15) is 13.2 Å². The lowest BCUT2D eigenvalue weighted by atomic mass is 10.1. The average molecular weight is 240 g/mol. The Kier molecular flexibility index (Phi) is 5.11. The Morgan fingerprint density at radius 2 is 1.67 bits per heavy atom. The Morgan fingerprint density at radius 3 is 2.00 bits per heavy atom. The summed E-state index contributed by atoms with van der Waals surface area (Å²) in [6.07, 6.45) is -3.66. The fourth-order valence-electron chi connectivity index (χ4n) is 1.20. The molecule has 0 heterocycles. The molecule has 2 N–H and O–H groups in total. The Bertz CT molecular complexity index is 293. The first-order chi connectivity index (χ1) is 6.39. The number of halogens is 4. The first kappa shape index (κ1) is 14.3. The first-order valence-electron chi connectivity index (χ1n) is 4.31. The van der Waals surface area contributed by atoms with Crippen LogP contribution >= 0.6 is 12.4 Å². The van der Waals surface area contributed by atoms with Crippen molar-refractivity contribution in [1.82, 2.24) is 0 Å². The van der Waals surface area contributed by atoms with Crippen LogP contribution in [0.15, 0.2) is 24.3 Å². The molecule has 1 aromatic rings. The third kappa shape index (κ3) is 4.53. The summed E-state index contributed by atoms with van der Waals surface area (Å²) >= 11 is 0. The fraction of sp³-hybridized carbons (Fsp3) is 0.400. The number of hydrogen-bond donors (Lipinski definition) is 1. The van der Waals surface area contributed by atoms with E-state index in [2.05, 4.69) is 0 Å². The van der Waals surface area contributed by atoms with Crippen molar-refractivity contribution in [2.75, 3.05) is 0 Å². The third-order valence-electron chi connectivity index (χ3n) is 1.84. The van der Waals surface area contributed by atoms with Crippen LogP contribution in [0.4, 0.5) is 13.2 Å². The van der Waals surface area contributed by atoms with Crippen molar-refractivity contribution in [3.8, 4) is 0 Å². The lowest BCUT2D eigenvalue weighted by Crippen LogP contribution is -2.17. The standard InChI is InChI=1S/C10H12F3N.ClH/c1-7(14)6-8-2-4-9(5-3-8)10(11,12)13;/h2-5,7H,6,14H2,1H3;1H/t7-;/m0./s1. The number of alkyl halides is 3. The molecule has 0 fully saturated rings. The number of rotatable bonds is 2. The second-order valence-corrected chi connectivity index (χ2v) is 3.38. The molecule has 0 aliphatic carbocycles. The van der Waals surface area contributed by atoms with Gasteiger partial charge in [-0.25, -0.2) is 0 Å². The molecular formula is C10H13ClF3N. The largest absolute Gasteiger partial charge is 0.416 e. The van der Waals surface area contributed by atoms with Crippen molar-refractivity contribution in [3.63, 3.8) is 0 Å². The van der Waals surface area contributed by atoms with Crippen LogP contribution in [-0.2, 0) is 12.6 Å². The molecule has 0 unspecified atom stereocenters. The molecule has 0 saturated carbocycles. The molecule has 0 aliphatic rings. The predicted octanol–water partition coefficient (Wildman–Crippen LogP) is 3.02. The average Bonchev–Trinajstić information content (AvgIpc) is 2.02. The van der Waals surface area contributed by atoms with Gasteiger partial charge in [0, 0.05) is 6.04 Å². The molecule has 0 amide bonds. The zero-order valence-corrected chi connectivity index (χ0v) is 9.03. The molecule has 15 heavy (non-hydrogen) atoms. The lowest BCUT2D eigenvalue weighted by molar-refractivity contribution is -0.137. The second-order valence-electron chi connectivity index (χ2n) is 3.38. The van der Waals surface area contributed by atoms with Gasteiger partial charge in [0.1, 0.15) is 0 Å². The van der Waals surface area contributed by atoms with E-state index in [0.717, 1.165) is 17.7 Å². The number of hydrogen-bond acceptors (Lipinski definition) is 1. The summed E-state index contributed by atoms with van der Waals surface area (Å²) in [6, 6.07) is 5.06. The molecule has 5 heteroatoms. The molecule has 0 aliphatic heterocycles. The molecule has 0 saturated heterocycles. The topological polar surface area (TPSA) is 26.0 Å². The van der Waals surface area contributed by atoms with Gasteiger partial charge in [-0.05, 0) is 31.0 Å². The van der Waals surface area contributed by atoms with Crippen LogP contribution < -0.4 is 5.73 Å². The minimum absolute atomic E-state index is 0. The predicted molar refractivity (Wildman–Crippen MR) is 56.0 cm³/mol. The van der Waals surface area contributed by atoms with E-state index < -0.39 is 11.7 Å². The molecule has 86 valence electrons. The van der Waals surface area contributed by atoms with Crippen molar-refractivity contribution < 1.29 is 13.2 Å². The van der Waals surface area contributed by atoms with Gasteiger partial charge in [0.2, 0.25) is 0 Å². The number of nitrogens with two attached hydrogens (primary N) is 1. The van der Waals surface area contributed by atoms with Gasteiger partial charge >= 0.3 is 6.18 Å². The van der Waals surface area contributed by atoms with Crippen molar-refractivity contribution in [1.29, 1.82) is 0 Å². The minimum Gasteiger partial charge on any atom is -0.328 e. The van der Waals surface area contributed by atoms with Gasteiger partial charge in [-0.15, -0.1) is 12.4 Å². The SMILES string of the molecule is C[C@H](N)Cc1ccc(C(F)(F)F)cc1.Cl. The Hall–Kier alpha value is -0.740. The van der Waals surface area contributed by atoms with E-state index in [0.29, 0.717) is 6.42 Å². The van der Waals surface area contributed by atoms with Crippen LogP contribution in [-0.4, -0.2) is 6.04 Å². The molecule has 1 rings (SSSR count). The van der Waals surface area contributed by atoms with Crippen LogP contribution in [0.1, 0.15) is 18.1 Å². The molecule has 0 spiro atoms. The Labute approximate surface area is 92.9 Å². The summed E-state index contributed by atoms with van der Waals surface area (Å²) in [5, 5.41) is 0. The summed E-state index contributed by atoms with van der Waals surface area (Å²) in [6.45, 7) is 1.82. The highest BCUT2D eigenvalue weighted by Crippen LogP contribution is 2.29. The van der Waals surface area contributed by atoms with Crippen LogP contribution in [0.25, 0.3) is 0 Å². The molecule has 0 bridgehead atoms. The van der Waals surface area contributed by atoms with Gasteiger partial charge < -0.3 is 5.73 Å². The molecule has 1 atom stereocenters. The molecule has 1 nitrogen and oxygen atoms in total. The van der Waals surface area contributed by atoms with Crippen LogP contribution in [0.3, 0.4) is 0 Å².